The van der Waals surface area contributed by atoms with Gasteiger partial charge in [0.25, 0.3) is 0 Å². The summed E-state index contributed by atoms with van der Waals surface area (Å²) in [4.78, 5) is 14.5. The Kier molecular flexibility index (Phi) is 7.61. The SMILES string of the molecule is CC1CCCCC1OCCNC(=O)CN1CCNCC1c1cccc(F)c1. The van der Waals surface area contributed by atoms with Crippen LogP contribution in [0.15, 0.2) is 24.3 Å². The molecule has 27 heavy (non-hydrogen) atoms. The van der Waals surface area contributed by atoms with Gasteiger partial charge in [-0.15, -0.1) is 0 Å². The van der Waals surface area contributed by atoms with Crippen molar-refractivity contribution >= 4 is 5.91 Å². The zero-order valence-corrected chi connectivity index (χ0v) is 16.3. The molecule has 2 aliphatic rings. The molecule has 0 spiro atoms. The number of hydrogen-bond acceptors (Lipinski definition) is 4. The minimum atomic E-state index is -0.239. The lowest BCUT2D eigenvalue weighted by atomic mass is 9.88. The van der Waals surface area contributed by atoms with Crippen LogP contribution in [0, 0.1) is 11.7 Å². The number of halogens is 1. The summed E-state index contributed by atoms with van der Waals surface area (Å²) >= 11 is 0. The molecule has 6 heteroatoms. The molecule has 1 aliphatic carbocycles. The summed E-state index contributed by atoms with van der Waals surface area (Å²) < 4.78 is 19.5. The lowest BCUT2D eigenvalue weighted by molar-refractivity contribution is -0.123. The molecule has 3 rings (SSSR count). The van der Waals surface area contributed by atoms with E-state index in [0.717, 1.165) is 31.6 Å². The van der Waals surface area contributed by atoms with E-state index in [2.05, 4.69) is 22.5 Å². The highest BCUT2D eigenvalue weighted by atomic mass is 19.1. The highest BCUT2D eigenvalue weighted by Crippen LogP contribution is 2.26. The van der Waals surface area contributed by atoms with Gasteiger partial charge in [-0.05, 0) is 36.5 Å². The largest absolute Gasteiger partial charge is 0.376 e. The maximum absolute atomic E-state index is 13.6. The predicted octanol–water partition coefficient (Wildman–Crippen LogP) is 2.48. The number of hydrogen-bond donors (Lipinski definition) is 2. The van der Waals surface area contributed by atoms with Crippen LogP contribution >= 0.6 is 0 Å². The van der Waals surface area contributed by atoms with Crippen LogP contribution in [0.1, 0.15) is 44.2 Å². The molecule has 1 saturated carbocycles. The van der Waals surface area contributed by atoms with Gasteiger partial charge in [-0.25, -0.2) is 4.39 Å². The average Bonchev–Trinajstić information content (AvgIpc) is 2.67. The van der Waals surface area contributed by atoms with E-state index in [4.69, 9.17) is 4.74 Å². The van der Waals surface area contributed by atoms with Crippen molar-refractivity contribution in [3.63, 3.8) is 0 Å². The van der Waals surface area contributed by atoms with Crippen molar-refractivity contribution < 1.29 is 13.9 Å². The van der Waals surface area contributed by atoms with E-state index in [1.165, 1.54) is 25.3 Å². The Morgan fingerprint density at radius 1 is 1.37 bits per heavy atom. The maximum atomic E-state index is 13.6. The first-order chi connectivity index (χ1) is 13.1. The van der Waals surface area contributed by atoms with Gasteiger partial charge in [0.05, 0.1) is 19.3 Å². The standard InChI is InChI=1S/C21H32FN3O2/c1-16-5-2-3-8-20(16)27-12-10-24-21(26)15-25-11-9-23-14-19(25)17-6-4-7-18(22)13-17/h4,6-7,13,16,19-20,23H,2-3,5,8-12,14-15H2,1H3,(H,24,26). The smallest absolute Gasteiger partial charge is 0.234 e. The van der Waals surface area contributed by atoms with E-state index < -0.39 is 0 Å². The van der Waals surface area contributed by atoms with Gasteiger partial charge in [0.15, 0.2) is 0 Å². The van der Waals surface area contributed by atoms with Crippen molar-refractivity contribution in [1.82, 2.24) is 15.5 Å². The van der Waals surface area contributed by atoms with Gasteiger partial charge < -0.3 is 15.4 Å². The van der Waals surface area contributed by atoms with E-state index in [1.807, 2.05) is 6.07 Å². The molecule has 150 valence electrons. The van der Waals surface area contributed by atoms with Crippen LogP contribution in [-0.2, 0) is 9.53 Å². The van der Waals surface area contributed by atoms with Crippen molar-refractivity contribution in [2.45, 2.75) is 44.8 Å². The van der Waals surface area contributed by atoms with Crippen molar-refractivity contribution in [3.05, 3.63) is 35.6 Å². The number of piperazine rings is 1. The van der Waals surface area contributed by atoms with E-state index in [9.17, 15) is 9.18 Å². The van der Waals surface area contributed by atoms with Gasteiger partial charge >= 0.3 is 0 Å². The lowest BCUT2D eigenvalue weighted by Gasteiger charge is -2.36. The molecule has 1 aromatic carbocycles. The molecule has 1 amide bonds. The molecular weight excluding hydrogens is 345 g/mol. The van der Waals surface area contributed by atoms with Crippen LogP contribution < -0.4 is 10.6 Å². The van der Waals surface area contributed by atoms with Gasteiger partial charge in [0.2, 0.25) is 5.91 Å². The highest BCUT2D eigenvalue weighted by molar-refractivity contribution is 5.78. The minimum Gasteiger partial charge on any atom is -0.376 e. The van der Waals surface area contributed by atoms with Gasteiger partial charge in [-0.3, -0.25) is 9.69 Å². The molecule has 1 saturated heterocycles. The summed E-state index contributed by atoms with van der Waals surface area (Å²) in [6, 6.07) is 6.66. The lowest BCUT2D eigenvalue weighted by Crippen LogP contribution is -2.49. The first-order valence-corrected chi connectivity index (χ1v) is 10.2. The number of ether oxygens (including phenoxy) is 1. The van der Waals surface area contributed by atoms with Crippen LogP contribution in [0.3, 0.4) is 0 Å². The molecule has 2 fully saturated rings. The quantitative estimate of drug-likeness (QED) is 0.717. The Balaban J connectivity index is 1.43. The number of rotatable bonds is 7. The minimum absolute atomic E-state index is 0.00130. The predicted molar refractivity (Wildman–Crippen MR) is 104 cm³/mol. The first kappa shape index (κ1) is 20.2. The normalized spacial score (nSPS) is 26.7. The van der Waals surface area contributed by atoms with Crippen LogP contribution in [0.25, 0.3) is 0 Å². The number of nitrogens with one attached hydrogen (secondary N) is 2. The van der Waals surface area contributed by atoms with E-state index in [1.54, 1.807) is 12.1 Å². The summed E-state index contributed by atoms with van der Waals surface area (Å²) in [6.45, 7) is 6.00. The second kappa shape index (κ2) is 10.2. The summed E-state index contributed by atoms with van der Waals surface area (Å²) in [5, 5.41) is 6.30. The van der Waals surface area contributed by atoms with Crippen LogP contribution in [0.5, 0.6) is 0 Å². The van der Waals surface area contributed by atoms with Gasteiger partial charge in [-0.2, -0.15) is 0 Å². The van der Waals surface area contributed by atoms with Crippen LogP contribution in [0.2, 0.25) is 0 Å². The second-order valence-electron chi connectivity index (χ2n) is 7.77. The number of amides is 1. The Bertz CT molecular complexity index is 613. The Morgan fingerprint density at radius 3 is 3.04 bits per heavy atom. The third kappa shape index (κ3) is 5.99. The fourth-order valence-electron chi connectivity index (χ4n) is 4.15. The number of benzene rings is 1. The Morgan fingerprint density at radius 2 is 2.22 bits per heavy atom. The van der Waals surface area contributed by atoms with Crippen molar-refractivity contribution in [1.29, 1.82) is 0 Å². The topological polar surface area (TPSA) is 53.6 Å². The third-order valence-corrected chi connectivity index (χ3v) is 5.72. The van der Waals surface area contributed by atoms with Crippen LogP contribution in [-0.4, -0.2) is 56.2 Å². The van der Waals surface area contributed by atoms with E-state index >= 15 is 0 Å². The number of carbonyl (C=O) groups is 1. The zero-order chi connectivity index (χ0) is 19.1. The molecule has 3 atom stereocenters. The number of nitrogens with zero attached hydrogens (tertiary/aromatic N) is 1. The molecule has 0 aromatic heterocycles. The summed E-state index contributed by atoms with van der Waals surface area (Å²) in [5.74, 6) is 0.373. The molecule has 1 aliphatic heterocycles. The summed E-state index contributed by atoms with van der Waals surface area (Å²) in [7, 11) is 0. The zero-order valence-electron chi connectivity index (χ0n) is 16.3. The molecule has 0 radical (unpaired) electrons. The van der Waals surface area contributed by atoms with E-state index in [-0.39, 0.29) is 17.8 Å². The molecule has 3 unspecified atom stereocenters. The molecule has 1 heterocycles. The fourth-order valence-corrected chi connectivity index (χ4v) is 4.15. The van der Waals surface area contributed by atoms with Gasteiger partial charge in [0.1, 0.15) is 5.82 Å². The average molecular weight is 378 g/mol. The second-order valence-corrected chi connectivity index (χ2v) is 7.77. The Hall–Kier alpha value is -1.50. The molecular formula is C21H32FN3O2. The summed E-state index contributed by atoms with van der Waals surface area (Å²) in [6.07, 6.45) is 5.24. The summed E-state index contributed by atoms with van der Waals surface area (Å²) in [5.41, 5.74) is 0.907. The van der Waals surface area contributed by atoms with Gasteiger partial charge in [0, 0.05) is 32.2 Å². The first-order valence-electron chi connectivity index (χ1n) is 10.2. The highest BCUT2D eigenvalue weighted by Gasteiger charge is 2.26. The molecule has 0 bridgehead atoms. The maximum Gasteiger partial charge on any atom is 0.234 e. The fraction of sp³-hybridized carbons (Fsp3) is 0.667. The van der Waals surface area contributed by atoms with Crippen molar-refractivity contribution in [2.75, 3.05) is 39.3 Å². The van der Waals surface area contributed by atoms with Gasteiger partial charge in [-0.1, -0.05) is 31.9 Å². The van der Waals surface area contributed by atoms with E-state index in [0.29, 0.717) is 31.7 Å². The van der Waals surface area contributed by atoms with Crippen LogP contribution in [0.4, 0.5) is 4.39 Å². The molecule has 1 aromatic rings. The van der Waals surface area contributed by atoms with Crippen molar-refractivity contribution in [2.24, 2.45) is 5.92 Å². The molecule has 2 N–H and O–H groups in total. The third-order valence-electron chi connectivity index (χ3n) is 5.72. The molecule has 5 nitrogen and oxygen atoms in total. The van der Waals surface area contributed by atoms with Crippen molar-refractivity contribution in [3.8, 4) is 0 Å². The Labute approximate surface area is 161 Å². The number of carbonyl (C=O) groups excluding carboxylic acids is 1. The monoisotopic (exact) mass is 377 g/mol.